The molecule has 1 aromatic rings. The van der Waals surface area contributed by atoms with Crippen molar-refractivity contribution in [2.45, 2.75) is 27.2 Å². The molecule has 2 rings (SSSR count). The molecule has 0 unspecified atom stereocenters. The van der Waals surface area contributed by atoms with Gasteiger partial charge in [-0.05, 0) is 27.2 Å². The topological polar surface area (TPSA) is 62.5 Å². The molecular formula is C14H22N4OS. The molecule has 1 aliphatic rings. The molecule has 1 aliphatic heterocycles. The summed E-state index contributed by atoms with van der Waals surface area (Å²) >= 11 is 1.40. The van der Waals surface area contributed by atoms with Crippen molar-refractivity contribution in [2.24, 2.45) is 0 Å². The van der Waals surface area contributed by atoms with Gasteiger partial charge in [-0.3, -0.25) is 4.79 Å². The van der Waals surface area contributed by atoms with Crippen LogP contribution in [0.25, 0.3) is 0 Å². The zero-order valence-electron chi connectivity index (χ0n) is 12.3. The zero-order valence-corrected chi connectivity index (χ0v) is 13.2. The second kappa shape index (κ2) is 6.26. The van der Waals surface area contributed by atoms with Crippen molar-refractivity contribution in [1.82, 2.24) is 9.88 Å². The van der Waals surface area contributed by atoms with Crippen LogP contribution >= 0.6 is 11.3 Å². The average Bonchev–Trinajstić information content (AvgIpc) is 2.82. The molecule has 6 heteroatoms. The summed E-state index contributed by atoms with van der Waals surface area (Å²) in [6, 6.07) is 0. The van der Waals surface area contributed by atoms with E-state index in [1.54, 1.807) is 0 Å². The van der Waals surface area contributed by atoms with Crippen molar-refractivity contribution < 1.29 is 4.79 Å². The van der Waals surface area contributed by atoms with E-state index >= 15 is 0 Å². The lowest BCUT2D eigenvalue weighted by molar-refractivity contribution is 0.0774. The summed E-state index contributed by atoms with van der Waals surface area (Å²) in [5.74, 6) is 0.357. The van der Waals surface area contributed by atoms with Gasteiger partial charge < -0.3 is 15.5 Å². The van der Waals surface area contributed by atoms with Gasteiger partial charge in [-0.15, -0.1) is 0 Å². The van der Waals surface area contributed by atoms with E-state index in [9.17, 15) is 4.79 Å². The number of carbonyl (C=O) groups excluding carboxylic acids is 1. The highest BCUT2D eigenvalue weighted by atomic mass is 32.1. The predicted octanol–water partition coefficient (Wildman–Crippen LogP) is 2.36. The Morgan fingerprint density at radius 3 is 2.75 bits per heavy atom. The molecule has 0 fully saturated rings. The summed E-state index contributed by atoms with van der Waals surface area (Å²) in [4.78, 5) is 21.4. The molecule has 0 radical (unpaired) electrons. The highest BCUT2D eigenvalue weighted by Crippen LogP contribution is 2.29. The highest BCUT2D eigenvalue weighted by Gasteiger charge is 2.24. The average molecular weight is 294 g/mol. The Labute approximate surface area is 124 Å². The first-order chi connectivity index (χ1) is 9.56. The van der Waals surface area contributed by atoms with Crippen LogP contribution in [0.15, 0.2) is 11.6 Å². The van der Waals surface area contributed by atoms with Crippen molar-refractivity contribution >= 4 is 28.2 Å². The number of nitrogens with two attached hydrogens (primary N) is 1. The molecule has 2 heterocycles. The van der Waals surface area contributed by atoms with Crippen molar-refractivity contribution in [3.8, 4) is 0 Å². The third-order valence-electron chi connectivity index (χ3n) is 3.59. The fraction of sp³-hybridized carbons (Fsp3) is 0.571. The number of anilines is 2. The van der Waals surface area contributed by atoms with Gasteiger partial charge in [-0.25, -0.2) is 4.98 Å². The molecule has 0 atom stereocenters. The second-order valence-corrected chi connectivity index (χ2v) is 5.91. The number of amides is 1. The van der Waals surface area contributed by atoms with Crippen LogP contribution in [0.1, 0.15) is 36.9 Å². The standard InChI is InChI=1S/C14H22N4OS/c1-4-17(5-2)14-16-12(15)11(20-14)13(19)18-8-6-10(3)7-9-18/h6H,4-5,7-9,15H2,1-3H3. The van der Waals surface area contributed by atoms with Crippen LogP contribution in [-0.2, 0) is 0 Å². The van der Waals surface area contributed by atoms with E-state index in [0.29, 0.717) is 17.2 Å². The fourth-order valence-corrected chi connectivity index (χ4v) is 3.28. The number of hydrogen-bond donors (Lipinski definition) is 1. The van der Waals surface area contributed by atoms with Crippen LogP contribution in [0.5, 0.6) is 0 Å². The number of nitrogen functional groups attached to an aromatic ring is 1. The van der Waals surface area contributed by atoms with E-state index in [0.717, 1.165) is 31.2 Å². The maximum Gasteiger partial charge on any atom is 0.268 e. The molecule has 0 bridgehead atoms. The number of thiazole rings is 1. The van der Waals surface area contributed by atoms with Crippen LogP contribution in [0, 0.1) is 0 Å². The van der Waals surface area contributed by atoms with Crippen LogP contribution in [0.3, 0.4) is 0 Å². The van der Waals surface area contributed by atoms with Gasteiger partial charge in [-0.2, -0.15) is 0 Å². The minimum atomic E-state index is 0.00200. The Balaban J connectivity index is 2.18. The SMILES string of the molecule is CCN(CC)c1nc(N)c(C(=O)N2CC=C(C)CC2)s1. The molecule has 0 aromatic carbocycles. The molecule has 0 spiro atoms. The van der Waals surface area contributed by atoms with Crippen LogP contribution in [0.2, 0.25) is 0 Å². The Bertz CT molecular complexity index is 519. The minimum absolute atomic E-state index is 0.00200. The van der Waals surface area contributed by atoms with Gasteiger partial charge in [0.1, 0.15) is 10.7 Å². The van der Waals surface area contributed by atoms with Gasteiger partial charge in [0.25, 0.3) is 5.91 Å². The van der Waals surface area contributed by atoms with Gasteiger partial charge in [0, 0.05) is 26.2 Å². The van der Waals surface area contributed by atoms with Crippen molar-refractivity contribution in [1.29, 1.82) is 0 Å². The second-order valence-electron chi connectivity index (χ2n) is 4.93. The van der Waals surface area contributed by atoms with Gasteiger partial charge in [-0.1, -0.05) is 23.0 Å². The quantitative estimate of drug-likeness (QED) is 0.866. The molecule has 1 amide bonds. The summed E-state index contributed by atoms with van der Waals surface area (Å²) in [5.41, 5.74) is 7.28. The number of nitrogens with zero attached hydrogens (tertiary/aromatic N) is 3. The molecule has 20 heavy (non-hydrogen) atoms. The van der Waals surface area contributed by atoms with E-state index in [-0.39, 0.29) is 5.91 Å². The molecule has 0 saturated heterocycles. The lowest BCUT2D eigenvalue weighted by atomic mass is 10.1. The van der Waals surface area contributed by atoms with E-state index in [4.69, 9.17) is 5.73 Å². The van der Waals surface area contributed by atoms with Crippen molar-refractivity contribution in [3.63, 3.8) is 0 Å². The largest absolute Gasteiger partial charge is 0.382 e. The Hall–Kier alpha value is -1.56. The zero-order chi connectivity index (χ0) is 14.7. The Morgan fingerprint density at radius 2 is 2.20 bits per heavy atom. The number of hydrogen-bond acceptors (Lipinski definition) is 5. The number of aromatic nitrogens is 1. The van der Waals surface area contributed by atoms with Gasteiger partial charge in [0.05, 0.1) is 0 Å². The van der Waals surface area contributed by atoms with Crippen LogP contribution < -0.4 is 10.6 Å². The molecule has 5 nitrogen and oxygen atoms in total. The first kappa shape index (κ1) is 14.8. The maximum absolute atomic E-state index is 12.5. The van der Waals surface area contributed by atoms with Gasteiger partial charge >= 0.3 is 0 Å². The highest BCUT2D eigenvalue weighted by molar-refractivity contribution is 7.18. The Kier molecular flexibility index (Phi) is 4.65. The number of carbonyl (C=O) groups is 1. The minimum Gasteiger partial charge on any atom is -0.382 e. The van der Waals surface area contributed by atoms with E-state index in [1.807, 2.05) is 4.90 Å². The lowest BCUT2D eigenvalue weighted by Crippen LogP contribution is -2.34. The summed E-state index contributed by atoms with van der Waals surface area (Å²) < 4.78 is 0. The first-order valence-electron chi connectivity index (χ1n) is 7.03. The van der Waals surface area contributed by atoms with Gasteiger partial charge in [0.2, 0.25) is 0 Å². The molecule has 0 aliphatic carbocycles. The fourth-order valence-electron chi connectivity index (χ4n) is 2.20. The summed E-state index contributed by atoms with van der Waals surface area (Å²) in [6.45, 7) is 9.40. The van der Waals surface area contributed by atoms with E-state index < -0.39 is 0 Å². The van der Waals surface area contributed by atoms with Crippen LogP contribution in [-0.4, -0.2) is 42.0 Å². The Morgan fingerprint density at radius 1 is 1.50 bits per heavy atom. The van der Waals surface area contributed by atoms with Crippen molar-refractivity contribution in [2.75, 3.05) is 36.8 Å². The summed E-state index contributed by atoms with van der Waals surface area (Å²) in [6.07, 6.45) is 3.04. The van der Waals surface area contributed by atoms with Crippen molar-refractivity contribution in [3.05, 3.63) is 16.5 Å². The normalized spacial score (nSPS) is 15.2. The van der Waals surface area contributed by atoms with E-state index in [1.165, 1.54) is 16.9 Å². The molecule has 0 saturated carbocycles. The molecular weight excluding hydrogens is 272 g/mol. The smallest absolute Gasteiger partial charge is 0.268 e. The van der Waals surface area contributed by atoms with Crippen LogP contribution in [0.4, 0.5) is 10.9 Å². The lowest BCUT2D eigenvalue weighted by Gasteiger charge is -2.24. The maximum atomic E-state index is 12.5. The van der Waals surface area contributed by atoms with Gasteiger partial charge in [0.15, 0.2) is 5.13 Å². The third-order valence-corrected chi connectivity index (χ3v) is 4.71. The number of rotatable bonds is 4. The molecule has 2 N–H and O–H groups in total. The monoisotopic (exact) mass is 294 g/mol. The summed E-state index contributed by atoms with van der Waals surface area (Å²) in [7, 11) is 0. The third kappa shape index (κ3) is 2.95. The predicted molar refractivity (Wildman–Crippen MR) is 84.4 cm³/mol. The molecule has 110 valence electrons. The summed E-state index contributed by atoms with van der Waals surface area (Å²) in [5, 5.41) is 0.833. The van der Waals surface area contributed by atoms with E-state index in [2.05, 4.69) is 36.7 Å². The first-order valence-corrected chi connectivity index (χ1v) is 7.84. The molecule has 1 aromatic heterocycles.